The van der Waals surface area contributed by atoms with Crippen LogP contribution >= 0.6 is 0 Å². The maximum absolute atomic E-state index is 12.1. The van der Waals surface area contributed by atoms with Crippen LogP contribution in [0.2, 0.25) is 0 Å². The van der Waals surface area contributed by atoms with Gasteiger partial charge in [-0.25, -0.2) is 9.67 Å². The third-order valence-corrected chi connectivity index (χ3v) is 1.69. The van der Waals surface area contributed by atoms with Crippen LogP contribution < -0.4 is 5.32 Å². The highest BCUT2D eigenvalue weighted by atomic mass is 19.4. The normalized spacial score (nSPS) is 12.4. The van der Waals surface area contributed by atoms with Gasteiger partial charge in [0.1, 0.15) is 18.7 Å². The van der Waals surface area contributed by atoms with Crippen LogP contribution in [0.15, 0.2) is 6.33 Å². The Labute approximate surface area is 85.5 Å². The second kappa shape index (κ2) is 4.61. The van der Waals surface area contributed by atoms with Crippen LogP contribution in [0.25, 0.3) is 0 Å². The maximum Gasteiger partial charge on any atom is 0.408 e. The van der Waals surface area contributed by atoms with Crippen molar-refractivity contribution in [3.63, 3.8) is 0 Å². The molecule has 15 heavy (non-hydrogen) atoms. The van der Waals surface area contributed by atoms with Gasteiger partial charge in [-0.2, -0.15) is 18.3 Å². The molecule has 1 heterocycles. The van der Waals surface area contributed by atoms with Crippen molar-refractivity contribution in [3.8, 4) is 0 Å². The molecule has 1 aromatic heterocycles. The summed E-state index contributed by atoms with van der Waals surface area (Å²) in [5, 5.41) is 6.51. The van der Waals surface area contributed by atoms with Crippen LogP contribution in [-0.2, 0) is 13.1 Å². The van der Waals surface area contributed by atoms with Gasteiger partial charge in [-0.05, 0) is 0 Å². The van der Waals surface area contributed by atoms with Gasteiger partial charge in [0.15, 0.2) is 0 Å². The van der Waals surface area contributed by atoms with Gasteiger partial charge < -0.3 is 5.32 Å². The van der Waals surface area contributed by atoms with Gasteiger partial charge in [-0.1, -0.05) is 13.8 Å². The standard InChI is InChI=1S/C8H13F3N4/c1-6(2)12-3-7-13-5-14-15(7)4-8(9,10)11/h5-6,12H,3-4H2,1-2H3. The second-order valence-electron chi connectivity index (χ2n) is 3.48. The number of nitrogens with one attached hydrogen (secondary N) is 1. The summed E-state index contributed by atoms with van der Waals surface area (Å²) in [6, 6.07) is 0.195. The summed E-state index contributed by atoms with van der Waals surface area (Å²) in [4.78, 5) is 3.76. The summed E-state index contributed by atoms with van der Waals surface area (Å²) in [6.45, 7) is 3.00. The van der Waals surface area contributed by atoms with Crippen molar-refractivity contribution in [2.24, 2.45) is 0 Å². The molecule has 4 nitrogen and oxygen atoms in total. The van der Waals surface area contributed by atoms with E-state index in [1.54, 1.807) is 0 Å². The predicted octanol–water partition coefficient (Wildman–Crippen LogP) is 1.34. The van der Waals surface area contributed by atoms with E-state index in [1.807, 2.05) is 13.8 Å². The van der Waals surface area contributed by atoms with E-state index < -0.39 is 12.7 Å². The summed E-state index contributed by atoms with van der Waals surface area (Å²) in [6.07, 6.45) is -3.14. The van der Waals surface area contributed by atoms with Crippen molar-refractivity contribution in [1.29, 1.82) is 0 Å². The molecule has 0 saturated carbocycles. The molecular formula is C8H13F3N4. The van der Waals surface area contributed by atoms with E-state index in [2.05, 4.69) is 15.4 Å². The van der Waals surface area contributed by atoms with Gasteiger partial charge in [0.2, 0.25) is 0 Å². The molecular weight excluding hydrogens is 209 g/mol. The van der Waals surface area contributed by atoms with Gasteiger partial charge in [0.05, 0.1) is 6.54 Å². The minimum absolute atomic E-state index is 0.195. The zero-order valence-corrected chi connectivity index (χ0v) is 8.54. The molecule has 0 aromatic carbocycles. The monoisotopic (exact) mass is 222 g/mol. The van der Waals surface area contributed by atoms with Crippen LogP contribution in [0, 0.1) is 0 Å². The zero-order valence-electron chi connectivity index (χ0n) is 8.54. The van der Waals surface area contributed by atoms with Gasteiger partial charge in [-0.15, -0.1) is 0 Å². The van der Waals surface area contributed by atoms with Gasteiger partial charge >= 0.3 is 6.18 Å². The third kappa shape index (κ3) is 4.28. The minimum atomic E-state index is -4.26. The Morgan fingerprint density at radius 2 is 2.13 bits per heavy atom. The van der Waals surface area contributed by atoms with E-state index in [9.17, 15) is 13.2 Å². The second-order valence-corrected chi connectivity index (χ2v) is 3.48. The highest BCUT2D eigenvalue weighted by Crippen LogP contribution is 2.17. The van der Waals surface area contributed by atoms with Crippen molar-refractivity contribution in [1.82, 2.24) is 20.1 Å². The first-order valence-corrected chi connectivity index (χ1v) is 4.55. The molecule has 0 aliphatic rings. The molecule has 0 unspecified atom stereocenters. The van der Waals surface area contributed by atoms with Crippen LogP contribution in [0.5, 0.6) is 0 Å². The Hall–Kier alpha value is -1.11. The average molecular weight is 222 g/mol. The summed E-state index contributed by atoms with van der Waals surface area (Å²) in [5.74, 6) is 0.293. The molecule has 0 aliphatic carbocycles. The van der Waals surface area contributed by atoms with Gasteiger partial charge in [0, 0.05) is 6.04 Å². The number of nitrogens with zero attached hydrogens (tertiary/aromatic N) is 3. The molecule has 0 fully saturated rings. The Morgan fingerprint density at radius 1 is 1.47 bits per heavy atom. The van der Waals surface area contributed by atoms with E-state index in [0.717, 1.165) is 11.0 Å². The maximum atomic E-state index is 12.1. The summed E-state index contributed by atoms with van der Waals surface area (Å²) < 4.78 is 37.1. The molecule has 0 radical (unpaired) electrons. The van der Waals surface area contributed by atoms with Crippen molar-refractivity contribution >= 4 is 0 Å². The van der Waals surface area contributed by atoms with Crippen LogP contribution in [-0.4, -0.2) is 27.0 Å². The molecule has 1 aromatic rings. The van der Waals surface area contributed by atoms with Crippen molar-refractivity contribution in [2.75, 3.05) is 0 Å². The SMILES string of the molecule is CC(C)NCc1ncnn1CC(F)(F)F. The Bertz CT molecular complexity index is 305. The lowest BCUT2D eigenvalue weighted by molar-refractivity contribution is -0.143. The molecule has 86 valence electrons. The fourth-order valence-electron chi connectivity index (χ4n) is 1.02. The highest BCUT2D eigenvalue weighted by molar-refractivity contribution is 4.84. The van der Waals surface area contributed by atoms with Crippen LogP contribution in [0.4, 0.5) is 13.2 Å². The Kier molecular flexibility index (Phi) is 3.67. The number of hydrogen-bond acceptors (Lipinski definition) is 3. The van der Waals surface area contributed by atoms with Crippen molar-refractivity contribution in [2.45, 2.75) is 39.2 Å². The summed E-state index contributed by atoms with van der Waals surface area (Å²) in [7, 11) is 0. The molecule has 0 spiro atoms. The molecule has 7 heteroatoms. The van der Waals surface area contributed by atoms with E-state index in [-0.39, 0.29) is 12.6 Å². The lowest BCUT2D eigenvalue weighted by atomic mass is 10.4. The predicted molar refractivity (Wildman–Crippen MR) is 48.1 cm³/mol. The first-order valence-electron chi connectivity index (χ1n) is 4.55. The lowest BCUT2D eigenvalue weighted by Crippen LogP contribution is -2.26. The smallest absolute Gasteiger partial charge is 0.308 e. The average Bonchev–Trinajstić information content (AvgIpc) is 2.45. The largest absolute Gasteiger partial charge is 0.408 e. The Balaban J connectivity index is 2.61. The molecule has 0 saturated heterocycles. The van der Waals surface area contributed by atoms with Crippen molar-refractivity contribution < 1.29 is 13.2 Å². The van der Waals surface area contributed by atoms with Gasteiger partial charge in [0.25, 0.3) is 0 Å². The molecule has 0 amide bonds. The first kappa shape index (κ1) is 12.0. The quantitative estimate of drug-likeness (QED) is 0.835. The van der Waals surface area contributed by atoms with E-state index in [4.69, 9.17) is 0 Å². The first-order chi connectivity index (χ1) is 6.88. The lowest BCUT2D eigenvalue weighted by Gasteiger charge is -2.10. The van der Waals surface area contributed by atoms with E-state index in [0.29, 0.717) is 5.82 Å². The fraction of sp³-hybridized carbons (Fsp3) is 0.750. The molecule has 0 atom stereocenters. The number of hydrogen-bond donors (Lipinski definition) is 1. The fourth-order valence-corrected chi connectivity index (χ4v) is 1.02. The molecule has 1 rings (SSSR count). The Morgan fingerprint density at radius 3 is 2.67 bits per heavy atom. The topological polar surface area (TPSA) is 42.7 Å². The van der Waals surface area contributed by atoms with Crippen LogP contribution in [0.1, 0.15) is 19.7 Å². The molecule has 0 bridgehead atoms. The van der Waals surface area contributed by atoms with Crippen molar-refractivity contribution in [3.05, 3.63) is 12.2 Å². The van der Waals surface area contributed by atoms with E-state index >= 15 is 0 Å². The molecule has 0 aliphatic heterocycles. The number of rotatable bonds is 4. The third-order valence-electron chi connectivity index (χ3n) is 1.69. The van der Waals surface area contributed by atoms with Gasteiger partial charge in [-0.3, -0.25) is 0 Å². The number of halogens is 3. The number of alkyl halides is 3. The summed E-state index contributed by atoms with van der Waals surface area (Å²) in [5.41, 5.74) is 0. The summed E-state index contributed by atoms with van der Waals surface area (Å²) >= 11 is 0. The molecule has 1 N–H and O–H groups in total. The minimum Gasteiger partial charge on any atom is -0.308 e. The zero-order chi connectivity index (χ0) is 11.5. The number of aromatic nitrogens is 3. The highest BCUT2D eigenvalue weighted by Gasteiger charge is 2.29. The van der Waals surface area contributed by atoms with Crippen LogP contribution in [0.3, 0.4) is 0 Å². The van der Waals surface area contributed by atoms with E-state index in [1.165, 1.54) is 0 Å².